The molecule has 5 rings (SSSR count). The van der Waals surface area contributed by atoms with E-state index in [0.717, 1.165) is 6.42 Å². The van der Waals surface area contributed by atoms with Crippen LogP contribution in [0.2, 0.25) is 5.02 Å². The van der Waals surface area contributed by atoms with Crippen LogP contribution in [0.4, 0.5) is 5.69 Å². The van der Waals surface area contributed by atoms with E-state index in [-0.39, 0.29) is 30.9 Å². The van der Waals surface area contributed by atoms with Crippen LogP contribution in [0.5, 0.6) is 0 Å². The molecule has 8 nitrogen and oxygen atoms in total. The van der Waals surface area contributed by atoms with Crippen LogP contribution in [0.1, 0.15) is 20.3 Å². The molecule has 35 heavy (non-hydrogen) atoms. The van der Waals surface area contributed by atoms with E-state index >= 15 is 0 Å². The van der Waals surface area contributed by atoms with Crippen molar-refractivity contribution in [1.82, 2.24) is 9.80 Å². The molecule has 9 heteroatoms. The molecule has 1 N–H and O–H groups in total. The minimum absolute atomic E-state index is 0.137. The number of anilines is 1. The highest BCUT2D eigenvalue weighted by molar-refractivity contribution is 6.34. The average molecular weight is 500 g/mol. The molecule has 0 saturated carbocycles. The van der Waals surface area contributed by atoms with E-state index in [1.807, 2.05) is 25.2 Å². The Morgan fingerprint density at radius 3 is 2.63 bits per heavy atom. The Morgan fingerprint density at radius 2 is 1.91 bits per heavy atom. The van der Waals surface area contributed by atoms with Crippen LogP contribution in [0, 0.1) is 11.8 Å². The van der Waals surface area contributed by atoms with Crippen molar-refractivity contribution >= 4 is 35.0 Å². The molecule has 3 amide bonds. The first kappa shape index (κ1) is 24.0. The zero-order chi connectivity index (χ0) is 24.9. The topological polar surface area (TPSA) is 90.4 Å². The van der Waals surface area contributed by atoms with Crippen LogP contribution in [-0.2, 0) is 19.1 Å². The van der Waals surface area contributed by atoms with Gasteiger partial charge in [-0.25, -0.2) is 0 Å². The van der Waals surface area contributed by atoms with Crippen LogP contribution in [0.15, 0.2) is 48.6 Å². The maximum absolute atomic E-state index is 14.2. The first-order chi connectivity index (χ1) is 16.9. The van der Waals surface area contributed by atoms with Crippen molar-refractivity contribution in [1.29, 1.82) is 0 Å². The van der Waals surface area contributed by atoms with E-state index in [4.69, 9.17) is 16.3 Å². The highest BCUT2D eigenvalue weighted by Gasteiger charge is 2.72. The Balaban J connectivity index is 1.63. The first-order valence-corrected chi connectivity index (χ1v) is 12.5. The van der Waals surface area contributed by atoms with Gasteiger partial charge in [-0.15, -0.1) is 0 Å². The number of likely N-dealkylation sites (tertiary alicyclic amines) is 1. The van der Waals surface area contributed by atoms with Gasteiger partial charge in [0, 0.05) is 19.6 Å². The summed E-state index contributed by atoms with van der Waals surface area (Å²) >= 11 is 6.44. The minimum atomic E-state index is -1.32. The number of carbonyl (C=O) groups is 3. The van der Waals surface area contributed by atoms with Gasteiger partial charge in [0.2, 0.25) is 11.8 Å². The molecule has 4 heterocycles. The van der Waals surface area contributed by atoms with Crippen LogP contribution >= 0.6 is 11.6 Å². The van der Waals surface area contributed by atoms with E-state index in [9.17, 15) is 19.5 Å². The smallest absolute Gasteiger partial charge is 0.253 e. The van der Waals surface area contributed by atoms with Gasteiger partial charge >= 0.3 is 0 Å². The monoisotopic (exact) mass is 499 g/mol. The molecule has 1 aromatic carbocycles. The Hall–Kier alpha value is -2.68. The number of aliphatic hydroxyl groups excluding tert-OH is 1. The second-order valence-corrected chi connectivity index (χ2v) is 10.0. The van der Waals surface area contributed by atoms with Crippen molar-refractivity contribution in [2.75, 3.05) is 31.1 Å². The molecule has 2 fully saturated rings. The molecule has 2 saturated heterocycles. The van der Waals surface area contributed by atoms with Gasteiger partial charge in [-0.1, -0.05) is 55.0 Å². The van der Waals surface area contributed by atoms with Gasteiger partial charge in [-0.05, 0) is 25.5 Å². The van der Waals surface area contributed by atoms with E-state index in [2.05, 4.69) is 0 Å². The van der Waals surface area contributed by atoms with E-state index in [1.165, 1.54) is 4.90 Å². The number of hydrogen-bond donors (Lipinski definition) is 1. The quantitative estimate of drug-likeness (QED) is 0.626. The molecule has 0 aromatic heterocycles. The minimum Gasteiger partial charge on any atom is -0.394 e. The van der Waals surface area contributed by atoms with Gasteiger partial charge in [0.15, 0.2) is 0 Å². The largest absolute Gasteiger partial charge is 0.394 e. The van der Waals surface area contributed by atoms with Crippen molar-refractivity contribution < 1.29 is 24.2 Å². The van der Waals surface area contributed by atoms with E-state index in [1.54, 1.807) is 47.1 Å². The summed E-state index contributed by atoms with van der Waals surface area (Å²) in [5.41, 5.74) is -0.788. The van der Waals surface area contributed by atoms with Crippen LogP contribution < -0.4 is 4.90 Å². The molecule has 0 radical (unpaired) electrons. The highest BCUT2D eigenvalue weighted by atomic mass is 35.5. The SMILES string of the molecule is CCCN1CC=C[C@@H]2O[C@]34C=CCN(c5ccccc5Cl)C(=O)C3N([C@H](C)CO)C(=O)[C@@H]4[C@@H]2C1=O. The summed E-state index contributed by atoms with van der Waals surface area (Å²) in [4.78, 5) is 46.6. The molecule has 0 bridgehead atoms. The second-order valence-electron chi connectivity index (χ2n) is 9.63. The van der Waals surface area contributed by atoms with Crippen molar-refractivity contribution in [3.63, 3.8) is 0 Å². The Labute approximate surface area is 209 Å². The second kappa shape index (κ2) is 9.08. The lowest BCUT2D eigenvalue weighted by Crippen LogP contribution is -2.57. The zero-order valence-corrected chi connectivity index (χ0v) is 20.6. The van der Waals surface area contributed by atoms with Crippen LogP contribution in [0.25, 0.3) is 0 Å². The van der Waals surface area contributed by atoms with E-state index < -0.39 is 35.6 Å². The van der Waals surface area contributed by atoms with Crippen LogP contribution in [0.3, 0.4) is 0 Å². The normalized spacial score (nSPS) is 32.9. The highest BCUT2D eigenvalue weighted by Crippen LogP contribution is 2.54. The summed E-state index contributed by atoms with van der Waals surface area (Å²) < 4.78 is 6.57. The number of aliphatic hydroxyl groups is 1. The van der Waals surface area contributed by atoms with Gasteiger partial charge < -0.3 is 24.5 Å². The molecule has 4 aliphatic rings. The molecule has 1 aromatic rings. The standard InChI is InChI=1S/C26H30ClN3O5/c1-3-12-28-13-6-10-19-20(23(28)32)21-24(33)30(16(2)15-31)22-25(34)29(14-7-11-26(21,22)35-19)18-9-5-4-8-17(18)27/h4-11,16,19-22,31H,3,12-15H2,1-2H3/t16-,19+,20-,21+,22?,26+/m1/s1. The number of carbonyl (C=O) groups excluding carboxylic acids is 3. The summed E-state index contributed by atoms with van der Waals surface area (Å²) in [7, 11) is 0. The number of hydrogen-bond acceptors (Lipinski definition) is 5. The molecule has 6 atom stereocenters. The fraction of sp³-hybridized carbons (Fsp3) is 0.500. The molecule has 0 aliphatic carbocycles. The van der Waals surface area contributed by atoms with Gasteiger partial charge in [-0.3, -0.25) is 14.4 Å². The number of fused-ring (bicyclic) bond motifs is 2. The number of halogens is 1. The van der Waals surface area contributed by atoms with E-state index in [0.29, 0.717) is 23.8 Å². The third kappa shape index (κ3) is 3.53. The summed E-state index contributed by atoms with van der Waals surface area (Å²) in [6, 6.07) is 5.38. The molecule has 1 spiro atoms. The number of ether oxygens (including phenoxy) is 1. The predicted molar refractivity (Wildman–Crippen MR) is 131 cm³/mol. The number of nitrogens with zero attached hydrogens (tertiary/aromatic N) is 3. The summed E-state index contributed by atoms with van der Waals surface area (Å²) in [6.07, 6.45) is 7.54. The van der Waals surface area contributed by atoms with Crippen LogP contribution in [-0.4, -0.2) is 82.7 Å². The van der Waals surface area contributed by atoms with Gasteiger partial charge in [0.25, 0.3) is 5.91 Å². The number of benzene rings is 1. The molecule has 186 valence electrons. The Kier molecular flexibility index (Phi) is 6.23. The molecule has 1 unspecified atom stereocenters. The Bertz CT molecular complexity index is 1110. The number of para-hydroxylation sites is 1. The fourth-order valence-corrected chi connectivity index (χ4v) is 6.29. The van der Waals surface area contributed by atoms with Gasteiger partial charge in [-0.2, -0.15) is 0 Å². The van der Waals surface area contributed by atoms with Crippen molar-refractivity contribution in [3.8, 4) is 0 Å². The zero-order valence-electron chi connectivity index (χ0n) is 19.8. The fourth-order valence-electron chi connectivity index (χ4n) is 6.05. The number of rotatable bonds is 5. The molecular weight excluding hydrogens is 470 g/mol. The van der Waals surface area contributed by atoms with Gasteiger partial charge in [0.05, 0.1) is 41.3 Å². The van der Waals surface area contributed by atoms with Crippen molar-refractivity contribution in [2.45, 2.75) is 44.1 Å². The van der Waals surface area contributed by atoms with Gasteiger partial charge in [0.1, 0.15) is 11.6 Å². The average Bonchev–Trinajstić information content (AvgIpc) is 3.17. The molecule has 4 aliphatic heterocycles. The third-order valence-electron chi connectivity index (χ3n) is 7.56. The third-order valence-corrected chi connectivity index (χ3v) is 7.88. The van der Waals surface area contributed by atoms with Crippen molar-refractivity contribution in [3.05, 3.63) is 53.6 Å². The maximum atomic E-state index is 14.2. The first-order valence-electron chi connectivity index (χ1n) is 12.2. The lowest BCUT2D eigenvalue weighted by Gasteiger charge is -2.37. The summed E-state index contributed by atoms with van der Waals surface area (Å²) in [5.74, 6) is -2.44. The Morgan fingerprint density at radius 1 is 1.14 bits per heavy atom. The van der Waals surface area contributed by atoms with Crippen molar-refractivity contribution in [2.24, 2.45) is 11.8 Å². The lowest BCUT2D eigenvalue weighted by atomic mass is 9.77. The predicted octanol–water partition coefficient (Wildman–Crippen LogP) is 2.01. The number of amides is 3. The summed E-state index contributed by atoms with van der Waals surface area (Å²) in [6.45, 7) is 4.67. The summed E-state index contributed by atoms with van der Waals surface area (Å²) in [5, 5.41) is 10.4. The maximum Gasteiger partial charge on any atom is 0.253 e. The molecular formula is C26H30ClN3O5. The lowest BCUT2D eigenvalue weighted by molar-refractivity contribution is -0.146.